The Morgan fingerprint density at radius 3 is 1.22 bits per heavy atom. The normalized spacial score (nSPS) is 13.0. The summed E-state index contributed by atoms with van der Waals surface area (Å²) in [6.45, 7) is 14.1. The van der Waals surface area contributed by atoms with E-state index in [9.17, 15) is 0 Å². The average Bonchev–Trinajstić information content (AvgIpc) is 1.51. The minimum Gasteiger partial charge on any atom is -0.309 e. The lowest BCUT2D eigenvalue weighted by atomic mass is 9.83. The molecule has 5 heteroatoms. The first-order chi connectivity index (χ1) is 41.9. The highest BCUT2D eigenvalue weighted by Gasteiger charge is 2.31. The van der Waals surface area contributed by atoms with E-state index in [1.807, 2.05) is 0 Å². The van der Waals surface area contributed by atoms with E-state index in [1.165, 1.54) is 153 Å². The topological polar surface area (TPSA) is 31.6 Å². The number of rotatable bonds is 4. The van der Waals surface area contributed by atoms with Crippen molar-refractivity contribution in [3.63, 3.8) is 0 Å². The van der Waals surface area contributed by atoms with Gasteiger partial charge in [0, 0.05) is 81.8 Å². The third-order valence-corrected chi connectivity index (χ3v) is 19.4. The lowest BCUT2D eigenvalue weighted by Crippen LogP contribution is -2.11. The number of fused-ring (bicyclic) bond motifs is 22. The second kappa shape index (κ2) is 16.6. The van der Waals surface area contributed by atoms with Gasteiger partial charge in [-0.15, -0.1) is 0 Å². The summed E-state index contributed by atoms with van der Waals surface area (Å²) in [5.74, 6) is 0. The summed E-state index contributed by atoms with van der Waals surface area (Å²) in [7, 11) is 0. The van der Waals surface area contributed by atoms with E-state index < -0.39 is 0 Å². The Balaban J connectivity index is 0.967. The van der Waals surface area contributed by atoms with Gasteiger partial charge in [-0.3, -0.25) is 4.40 Å². The molecule has 7 heterocycles. The number of hydrogen-bond donors (Lipinski definition) is 0. The quantitative estimate of drug-likeness (QED) is 0.173. The molecule has 7 aromatic heterocycles. The molecule has 0 saturated carbocycles. The highest BCUT2D eigenvalue weighted by atomic mass is 15.0. The van der Waals surface area contributed by atoms with Crippen molar-refractivity contribution >= 4 is 142 Å². The fourth-order valence-corrected chi connectivity index (χ4v) is 15.4. The molecule has 0 spiro atoms. The van der Waals surface area contributed by atoms with Gasteiger partial charge in [-0.1, -0.05) is 175 Å². The van der Waals surface area contributed by atoms with Crippen molar-refractivity contribution in [2.45, 2.75) is 52.4 Å². The molecule has 0 aliphatic carbocycles. The molecule has 0 saturated heterocycles. The Labute approximate surface area is 495 Å². The number of aromatic nitrogens is 5. The van der Waals surface area contributed by atoms with E-state index in [0.29, 0.717) is 0 Å². The molecule has 0 bridgehead atoms. The Bertz CT molecular complexity index is 5750. The summed E-state index contributed by atoms with van der Waals surface area (Å²) in [6.07, 6.45) is 0. The molecule has 0 aliphatic rings. The largest absolute Gasteiger partial charge is 0.309 e. The second-order valence-electron chi connectivity index (χ2n) is 26.3. The van der Waals surface area contributed by atoms with Crippen molar-refractivity contribution < 1.29 is 0 Å². The highest BCUT2D eigenvalue weighted by molar-refractivity contribution is 6.36. The summed E-state index contributed by atoms with van der Waals surface area (Å²) in [5, 5.41) is 18.5. The molecular weight excluding hydrogens is 1040 g/mol. The van der Waals surface area contributed by atoms with E-state index in [2.05, 4.69) is 296 Å². The van der Waals surface area contributed by atoms with Crippen molar-refractivity contribution in [3.05, 3.63) is 248 Å². The lowest BCUT2D eigenvalue weighted by molar-refractivity contribution is 0.591. The third kappa shape index (κ3) is 6.31. The summed E-state index contributed by atoms with van der Waals surface area (Å²) >= 11 is 0. The van der Waals surface area contributed by atoms with Crippen LogP contribution in [0.4, 0.5) is 0 Å². The third-order valence-electron chi connectivity index (χ3n) is 19.4. The summed E-state index contributed by atoms with van der Waals surface area (Å²) in [4.78, 5) is 6.21. The van der Waals surface area contributed by atoms with Gasteiger partial charge in [0.1, 0.15) is 5.65 Å². The van der Waals surface area contributed by atoms with Gasteiger partial charge >= 0.3 is 0 Å². The van der Waals surface area contributed by atoms with Gasteiger partial charge in [-0.25, -0.2) is 4.98 Å². The van der Waals surface area contributed by atoms with Crippen molar-refractivity contribution in [1.29, 1.82) is 0 Å². The van der Waals surface area contributed by atoms with Crippen LogP contribution < -0.4 is 0 Å². The highest BCUT2D eigenvalue weighted by Crippen LogP contribution is 2.52. The smallest absolute Gasteiger partial charge is 0.146 e. The van der Waals surface area contributed by atoms with Crippen molar-refractivity contribution in [2.24, 2.45) is 0 Å². The van der Waals surface area contributed by atoms with Crippen LogP contribution in [0.15, 0.2) is 237 Å². The van der Waals surface area contributed by atoms with Gasteiger partial charge in [-0.05, 0) is 158 Å². The van der Waals surface area contributed by atoms with Crippen LogP contribution in [-0.4, -0.2) is 22.9 Å². The van der Waals surface area contributed by atoms with Crippen molar-refractivity contribution in [3.8, 4) is 33.6 Å². The first-order valence-electron chi connectivity index (χ1n) is 30.3. The summed E-state index contributed by atoms with van der Waals surface area (Å²) < 4.78 is 10.0. The Morgan fingerprint density at radius 1 is 0.291 bits per heavy atom. The molecule has 0 radical (unpaired) electrons. The van der Waals surface area contributed by atoms with Crippen molar-refractivity contribution in [1.82, 2.24) is 22.9 Å². The van der Waals surface area contributed by atoms with Gasteiger partial charge in [-0.2, -0.15) is 0 Å². The minimum absolute atomic E-state index is 0.121. The lowest BCUT2D eigenvalue weighted by Gasteiger charge is -2.21. The molecule has 19 aromatic rings. The number of nitrogens with zero attached hydrogens (tertiary/aromatic N) is 5. The van der Waals surface area contributed by atoms with Gasteiger partial charge in [0.25, 0.3) is 0 Å². The van der Waals surface area contributed by atoms with E-state index in [-0.39, 0.29) is 10.8 Å². The van der Waals surface area contributed by atoms with Gasteiger partial charge in [0.15, 0.2) is 0 Å². The predicted molar refractivity (Wildman–Crippen MR) is 366 cm³/mol. The van der Waals surface area contributed by atoms with Gasteiger partial charge in [0.2, 0.25) is 0 Å². The molecule has 0 unspecified atom stereocenters. The monoisotopic (exact) mass is 1100 g/mol. The minimum atomic E-state index is -0.124. The number of para-hydroxylation sites is 4. The molecule has 5 nitrogen and oxygen atoms in total. The molecule has 19 rings (SSSR count). The summed E-state index contributed by atoms with van der Waals surface area (Å²) in [6, 6.07) is 89.1. The average molecular weight is 1100 g/mol. The van der Waals surface area contributed by atoms with Crippen LogP contribution in [0.1, 0.15) is 52.7 Å². The van der Waals surface area contributed by atoms with Crippen LogP contribution in [0.25, 0.3) is 175 Å². The number of benzene rings is 12. The van der Waals surface area contributed by atoms with E-state index in [1.54, 1.807) is 0 Å². The summed E-state index contributed by atoms with van der Waals surface area (Å²) in [5.41, 5.74) is 22.2. The molecule has 86 heavy (non-hydrogen) atoms. The molecule has 406 valence electrons. The van der Waals surface area contributed by atoms with Crippen LogP contribution in [0.2, 0.25) is 0 Å². The fraction of sp³-hybridized carbons (Fsp3) is 0.0988. The van der Waals surface area contributed by atoms with Crippen LogP contribution in [0.3, 0.4) is 0 Å². The zero-order valence-corrected chi connectivity index (χ0v) is 48.8. The molecule has 0 aliphatic heterocycles. The van der Waals surface area contributed by atoms with E-state index in [4.69, 9.17) is 4.98 Å². The zero-order chi connectivity index (χ0) is 57.2. The maximum absolute atomic E-state index is 6.21. The molecule has 0 atom stereocenters. The maximum atomic E-state index is 6.21. The number of hydrogen-bond acceptors (Lipinski definition) is 1. The maximum Gasteiger partial charge on any atom is 0.146 e. The van der Waals surface area contributed by atoms with Crippen LogP contribution in [0.5, 0.6) is 0 Å². The standard InChI is InChI=1S/C81H57N5/c1-80(2,3)50-41-58(48-33-35-69-60(37-48)56-29-17-19-31-67(56)83(69)52-23-9-7-10-24-52)75-64(43-50)63-40-47-22-14-16-28-55(47)73-74-71(85(75)78(63)73)45-66-72-54-27-15-13-21-46(54)39-62-65-44-51(81(4,5)6)42-59(76(65)86(77(62)72)79(66)82-74)49-34-36-70-61(38-49)57-30-18-20-32-68(57)84(70)53-25-11-8-12-26-53/h7-45H,1-6H3. The van der Waals surface area contributed by atoms with Crippen LogP contribution in [0, 0.1) is 0 Å². The molecule has 0 N–H and O–H groups in total. The Hall–Kier alpha value is -10.5. The zero-order valence-electron chi connectivity index (χ0n) is 48.8. The Kier molecular flexibility index (Phi) is 9.28. The molecule has 0 fully saturated rings. The van der Waals surface area contributed by atoms with Crippen LogP contribution in [-0.2, 0) is 10.8 Å². The predicted octanol–water partition coefficient (Wildman–Crippen LogP) is 21.8. The van der Waals surface area contributed by atoms with Crippen LogP contribution >= 0.6 is 0 Å². The first kappa shape index (κ1) is 47.9. The van der Waals surface area contributed by atoms with E-state index >= 15 is 0 Å². The first-order valence-corrected chi connectivity index (χ1v) is 30.3. The fourth-order valence-electron chi connectivity index (χ4n) is 15.4. The Morgan fingerprint density at radius 2 is 0.709 bits per heavy atom. The molecular formula is C81H57N5. The SMILES string of the molecule is CC(C)(C)c1cc(-c2ccc3c(c2)c2ccccc2n3-c2ccccc2)c2c(c1)c1cc3ccccc3c3c4nc5c(cc4n2c13)c1c2ccccc2cc2c3cc(C(C)(C)C)cc(-c4ccc6c(c4)c4ccccc4n6-c4ccccc4)c3n5c21. The number of pyridine rings is 1. The molecule has 12 aromatic carbocycles. The second-order valence-corrected chi connectivity index (χ2v) is 26.3. The molecule has 0 amide bonds. The van der Waals surface area contributed by atoms with E-state index in [0.717, 1.165) is 33.4 Å². The van der Waals surface area contributed by atoms with Gasteiger partial charge < -0.3 is 13.5 Å². The van der Waals surface area contributed by atoms with Crippen molar-refractivity contribution in [2.75, 3.05) is 0 Å². The van der Waals surface area contributed by atoms with Gasteiger partial charge in [0.05, 0.1) is 55.2 Å².